The predicted molar refractivity (Wildman–Crippen MR) is 112 cm³/mol. The van der Waals surface area contributed by atoms with E-state index in [-0.39, 0.29) is 17.4 Å². The zero-order chi connectivity index (χ0) is 21.5. The molecule has 0 unspecified atom stereocenters. The fourth-order valence-electron chi connectivity index (χ4n) is 4.04. The maximum Gasteiger partial charge on any atom is 0.253 e. The van der Waals surface area contributed by atoms with Gasteiger partial charge in [-0.1, -0.05) is 25.1 Å². The SMILES string of the molecule is CCc1cc(C2=N[C@H](C)[C@@](c3ccc(F)cc3)(c3ccc(F)nc3)N2)cn(C)c1=O. The average Bonchev–Trinajstić information content (AvgIpc) is 3.09. The molecule has 7 heteroatoms. The maximum absolute atomic E-state index is 13.6. The van der Waals surface area contributed by atoms with Crippen molar-refractivity contribution in [3.8, 4) is 0 Å². The molecule has 2 aromatic heterocycles. The summed E-state index contributed by atoms with van der Waals surface area (Å²) in [4.78, 5) is 20.9. The molecule has 0 saturated heterocycles. The van der Waals surface area contributed by atoms with Crippen molar-refractivity contribution >= 4 is 5.84 Å². The van der Waals surface area contributed by atoms with Crippen molar-refractivity contribution in [2.75, 3.05) is 0 Å². The molecule has 154 valence electrons. The van der Waals surface area contributed by atoms with Crippen LogP contribution in [-0.2, 0) is 19.0 Å². The van der Waals surface area contributed by atoms with Gasteiger partial charge in [-0.2, -0.15) is 4.39 Å². The highest BCUT2D eigenvalue weighted by atomic mass is 19.1. The Kier molecular flexibility index (Phi) is 4.97. The fraction of sp³-hybridized carbons (Fsp3) is 0.261. The van der Waals surface area contributed by atoms with Crippen LogP contribution in [0.2, 0.25) is 0 Å². The van der Waals surface area contributed by atoms with Crippen LogP contribution >= 0.6 is 0 Å². The van der Waals surface area contributed by atoms with Gasteiger partial charge in [0.05, 0.1) is 6.04 Å². The number of halogens is 2. The lowest BCUT2D eigenvalue weighted by molar-refractivity contribution is 0.430. The molecule has 0 spiro atoms. The van der Waals surface area contributed by atoms with E-state index in [0.29, 0.717) is 23.4 Å². The summed E-state index contributed by atoms with van der Waals surface area (Å²) in [5, 5.41) is 3.49. The molecule has 1 N–H and O–H groups in total. The minimum absolute atomic E-state index is 0.0413. The summed E-state index contributed by atoms with van der Waals surface area (Å²) >= 11 is 0. The molecule has 1 aliphatic rings. The number of hydrogen-bond acceptors (Lipinski definition) is 4. The molecule has 1 aliphatic heterocycles. The Labute approximate surface area is 173 Å². The van der Waals surface area contributed by atoms with Gasteiger partial charge < -0.3 is 9.88 Å². The van der Waals surface area contributed by atoms with Gasteiger partial charge in [-0.05, 0) is 43.2 Å². The molecule has 3 aromatic rings. The van der Waals surface area contributed by atoms with Gasteiger partial charge in [0.15, 0.2) is 0 Å². The van der Waals surface area contributed by atoms with Crippen molar-refractivity contribution < 1.29 is 8.78 Å². The van der Waals surface area contributed by atoms with Gasteiger partial charge in [-0.3, -0.25) is 9.79 Å². The minimum Gasteiger partial charge on any atom is -0.354 e. The zero-order valence-corrected chi connectivity index (χ0v) is 17.0. The molecule has 0 bridgehead atoms. The Balaban J connectivity index is 1.86. The number of aromatic nitrogens is 2. The minimum atomic E-state index is -0.856. The molecule has 4 rings (SSSR count). The largest absolute Gasteiger partial charge is 0.354 e. The number of aryl methyl sites for hydroxylation is 2. The summed E-state index contributed by atoms with van der Waals surface area (Å²) in [6.07, 6.45) is 3.82. The van der Waals surface area contributed by atoms with Gasteiger partial charge in [0, 0.05) is 36.1 Å². The van der Waals surface area contributed by atoms with Crippen LogP contribution in [0.1, 0.15) is 36.1 Å². The monoisotopic (exact) mass is 408 g/mol. The van der Waals surface area contributed by atoms with E-state index in [0.717, 1.165) is 11.1 Å². The Hall–Kier alpha value is -3.35. The second-order valence-corrected chi connectivity index (χ2v) is 7.49. The van der Waals surface area contributed by atoms with Crippen LogP contribution in [0.5, 0.6) is 0 Å². The van der Waals surface area contributed by atoms with E-state index >= 15 is 0 Å². The Morgan fingerprint density at radius 2 is 1.83 bits per heavy atom. The smallest absolute Gasteiger partial charge is 0.253 e. The third-order valence-corrected chi connectivity index (χ3v) is 5.66. The summed E-state index contributed by atoms with van der Waals surface area (Å²) in [5.41, 5.74) is 2.06. The third-order valence-electron chi connectivity index (χ3n) is 5.66. The van der Waals surface area contributed by atoms with Crippen molar-refractivity contribution in [3.05, 3.63) is 99.2 Å². The normalized spacial score (nSPS) is 20.7. The van der Waals surface area contributed by atoms with E-state index in [1.807, 2.05) is 19.9 Å². The van der Waals surface area contributed by atoms with Crippen molar-refractivity contribution in [2.45, 2.75) is 31.8 Å². The van der Waals surface area contributed by atoms with Crippen LogP contribution in [0.25, 0.3) is 0 Å². The number of rotatable bonds is 4. The molecular weight excluding hydrogens is 386 g/mol. The molecule has 3 heterocycles. The first-order valence-corrected chi connectivity index (χ1v) is 9.79. The maximum atomic E-state index is 13.6. The van der Waals surface area contributed by atoms with E-state index in [9.17, 15) is 13.6 Å². The average molecular weight is 408 g/mol. The van der Waals surface area contributed by atoms with E-state index in [1.54, 1.807) is 36.0 Å². The highest BCUT2D eigenvalue weighted by molar-refractivity contribution is 6.01. The standard InChI is InChI=1S/C23H22F2N4O/c1-4-15-11-16(13-29(3)22(15)30)21-27-14(2)23(28-21,17-5-8-19(24)9-6-17)18-7-10-20(25)26-12-18/h5-14H,4H2,1-3H3,(H,27,28)/t14-,23-/m1/s1. The summed E-state index contributed by atoms with van der Waals surface area (Å²) in [6.45, 7) is 3.87. The van der Waals surface area contributed by atoms with Crippen LogP contribution < -0.4 is 10.9 Å². The molecule has 0 fully saturated rings. The van der Waals surface area contributed by atoms with Gasteiger partial charge in [-0.25, -0.2) is 9.37 Å². The predicted octanol–water partition coefficient (Wildman–Crippen LogP) is 3.30. The zero-order valence-electron chi connectivity index (χ0n) is 17.0. The van der Waals surface area contributed by atoms with E-state index in [4.69, 9.17) is 4.99 Å². The highest BCUT2D eigenvalue weighted by Crippen LogP contribution is 2.38. The Morgan fingerprint density at radius 1 is 1.13 bits per heavy atom. The van der Waals surface area contributed by atoms with E-state index < -0.39 is 11.5 Å². The quantitative estimate of drug-likeness (QED) is 0.674. The number of amidine groups is 1. The van der Waals surface area contributed by atoms with Gasteiger partial charge >= 0.3 is 0 Å². The number of pyridine rings is 2. The Morgan fingerprint density at radius 3 is 2.47 bits per heavy atom. The van der Waals surface area contributed by atoms with Gasteiger partial charge in [0.25, 0.3) is 5.56 Å². The first-order valence-electron chi connectivity index (χ1n) is 9.79. The van der Waals surface area contributed by atoms with E-state index in [1.165, 1.54) is 24.4 Å². The number of nitrogens with zero attached hydrogens (tertiary/aromatic N) is 3. The van der Waals surface area contributed by atoms with E-state index in [2.05, 4.69) is 10.3 Å². The molecule has 5 nitrogen and oxygen atoms in total. The van der Waals surface area contributed by atoms with Gasteiger partial charge in [0.1, 0.15) is 17.2 Å². The first-order chi connectivity index (χ1) is 14.3. The van der Waals surface area contributed by atoms with Crippen LogP contribution in [0.3, 0.4) is 0 Å². The molecule has 0 amide bonds. The van der Waals surface area contributed by atoms with Crippen LogP contribution in [0, 0.1) is 11.8 Å². The number of nitrogens with one attached hydrogen (secondary N) is 1. The fourth-order valence-corrected chi connectivity index (χ4v) is 4.04. The second kappa shape index (κ2) is 7.48. The number of benzene rings is 1. The molecule has 2 atom stereocenters. The lowest BCUT2D eigenvalue weighted by Crippen LogP contribution is -2.48. The molecule has 0 radical (unpaired) electrons. The number of aliphatic imine (C=N–C) groups is 1. The van der Waals surface area contributed by atoms with Crippen molar-refractivity contribution in [1.29, 1.82) is 0 Å². The highest BCUT2D eigenvalue weighted by Gasteiger charge is 2.45. The molecule has 0 aliphatic carbocycles. The van der Waals surface area contributed by atoms with Gasteiger partial charge in [0.2, 0.25) is 5.95 Å². The summed E-state index contributed by atoms with van der Waals surface area (Å²) in [5.74, 6) is -0.310. The second-order valence-electron chi connectivity index (χ2n) is 7.49. The van der Waals surface area contributed by atoms with Crippen molar-refractivity contribution in [1.82, 2.24) is 14.9 Å². The lowest BCUT2D eigenvalue weighted by atomic mass is 9.79. The molecule has 1 aromatic carbocycles. The van der Waals surface area contributed by atoms with Crippen molar-refractivity contribution in [3.63, 3.8) is 0 Å². The molecular formula is C23H22F2N4O. The first kappa shape index (κ1) is 19.9. The van der Waals surface area contributed by atoms with Gasteiger partial charge in [-0.15, -0.1) is 0 Å². The summed E-state index contributed by atoms with van der Waals surface area (Å²) in [6, 6.07) is 10.7. The molecule has 30 heavy (non-hydrogen) atoms. The van der Waals surface area contributed by atoms with Crippen LogP contribution in [0.15, 0.2) is 64.6 Å². The van der Waals surface area contributed by atoms with Crippen LogP contribution in [-0.4, -0.2) is 21.4 Å². The third kappa shape index (κ3) is 3.20. The lowest BCUT2D eigenvalue weighted by Gasteiger charge is -2.34. The van der Waals surface area contributed by atoms with Crippen molar-refractivity contribution in [2.24, 2.45) is 12.0 Å². The topological polar surface area (TPSA) is 59.3 Å². The Bertz CT molecular complexity index is 1120. The van der Waals surface area contributed by atoms with Crippen LogP contribution in [0.4, 0.5) is 8.78 Å². The molecule has 0 saturated carbocycles. The summed E-state index contributed by atoms with van der Waals surface area (Å²) in [7, 11) is 1.71. The number of hydrogen-bond donors (Lipinski definition) is 1. The summed E-state index contributed by atoms with van der Waals surface area (Å²) < 4.78 is 28.7.